The Hall–Kier alpha value is -11.0. The molecule has 5 unspecified atom stereocenters. The van der Waals surface area contributed by atoms with Crippen molar-refractivity contribution in [2.75, 3.05) is 53.0 Å². The molecule has 1 aromatic heterocycles. The lowest BCUT2D eigenvalue weighted by atomic mass is 9.95. The largest absolute Gasteiger partial charge is 0.497 e. The Kier molecular flexibility index (Phi) is 30.3. The van der Waals surface area contributed by atoms with Gasteiger partial charge in [-0.1, -0.05) is 73.5 Å². The Balaban J connectivity index is 0.992. The predicted octanol–water partition coefficient (Wildman–Crippen LogP) is -2.01. The van der Waals surface area contributed by atoms with Gasteiger partial charge in [0.25, 0.3) is 0 Å². The van der Waals surface area contributed by atoms with Crippen LogP contribution in [0.25, 0.3) is 10.9 Å². The SMILES string of the molecule is COc1ccc(C[C@@H]2NC(=O)[C@H]([C@@H](C)O)NC(=O)[C@@H]3[C@@H]4CCN3C(=O)[C@@H]3Cc5cn(c6ccc(F)cc56)CCCCCCN(Cc5ccc(cc5)CCNC(=O)[C@]5(C)CCCN5C2=O)C(=O)CCC(=O)N[C@@H](C)C(=O)N[C@H](CNC(=O)CCC(=O)NC2OC(CO)C(O)C(O)C2O)C(=O)N[C@@H](Cc2cccc(c2)CNC(=O)CO4)C(=O)N3)cc1. The number of methoxy groups -OCH3 is 1. The van der Waals surface area contributed by atoms with Gasteiger partial charge in [0.2, 0.25) is 76.8 Å². The lowest BCUT2D eigenvalue weighted by Crippen LogP contribution is -2.64. The Bertz CT molecular complexity index is 4530. The number of hydrogen-bond donors (Lipinski definition) is 15. The van der Waals surface area contributed by atoms with Crippen LogP contribution < -0.4 is 57.9 Å². The van der Waals surface area contributed by atoms with E-state index in [0.717, 1.165) is 16.0 Å². The third-order valence-electron chi connectivity index (χ3n) is 22.8. The van der Waals surface area contributed by atoms with Crippen LogP contribution >= 0.6 is 0 Å². The molecule has 8 heterocycles. The summed E-state index contributed by atoms with van der Waals surface area (Å²) in [5.41, 5.74) is 2.33. The molecule has 7 aliphatic heterocycles. The van der Waals surface area contributed by atoms with Crippen LogP contribution in [0.15, 0.2) is 97.2 Å². The summed E-state index contributed by atoms with van der Waals surface area (Å²) in [6.07, 6.45) is -9.71. The number of ether oxygens (including phenoxy) is 3. The number of nitrogens with one attached hydrogen (secondary N) is 10. The van der Waals surface area contributed by atoms with Gasteiger partial charge in [-0.3, -0.25) is 62.3 Å². The smallest absolute Gasteiger partial charge is 0.246 e. The van der Waals surface area contributed by atoms with E-state index >= 15 is 33.2 Å². The Morgan fingerprint density at radius 3 is 2.13 bits per heavy atom. The molecular formula is C83H107FN14O21. The number of nitrogens with zero attached hydrogens (tertiary/aromatic N) is 4. The minimum Gasteiger partial charge on any atom is -0.497 e. The quantitative estimate of drug-likeness (QED) is 0.0679. The molecule has 3 fully saturated rings. The van der Waals surface area contributed by atoms with E-state index in [4.69, 9.17) is 14.2 Å². The minimum atomic E-state index is -1.90. The maximum Gasteiger partial charge on any atom is 0.246 e. The first kappa shape index (κ1) is 88.8. The first-order chi connectivity index (χ1) is 57.0. The van der Waals surface area contributed by atoms with Crippen LogP contribution in [0.5, 0.6) is 5.75 Å². The van der Waals surface area contributed by atoms with Crippen LogP contribution in [-0.2, 0) is 117 Å². The predicted molar refractivity (Wildman–Crippen MR) is 423 cm³/mol. The Morgan fingerprint density at radius 2 is 1.39 bits per heavy atom. The average Bonchev–Trinajstić information content (AvgIpc) is 1.66. The van der Waals surface area contributed by atoms with Gasteiger partial charge in [-0.05, 0) is 123 Å². The van der Waals surface area contributed by atoms with E-state index in [1.807, 2.05) is 28.8 Å². The van der Waals surface area contributed by atoms with Crippen LogP contribution in [0.1, 0.15) is 125 Å². The lowest BCUT2D eigenvalue weighted by molar-refractivity contribution is -0.236. The first-order valence-electron chi connectivity index (χ1n) is 40.5. The summed E-state index contributed by atoms with van der Waals surface area (Å²) in [5, 5.41) is 79.5. The van der Waals surface area contributed by atoms with Crippen molar-refractivity contribution in [3.05, 3.63) is 136 Å². The van der Waals surface area contributed by atoms with E-state index in [2.05, 4.69) is 53.2 Å². The fraction of sp³-hybridized carbons (Fsp3) is 0.530. The van der Waals surface area contributed by atoms with Crippen molar-refractivity contribution in [3.8, 4) is 5.75 Å². The number of aryl methyl sites for hydroxylation is 1. The number of carbonyl (C=O) groups excluding carboxylic acids is 13. The fourth-order valence-electron chi connectivity index (χ4n) is 16.0. The lowest BCUT2D eigenvalue weighted by Gasteiger charge is -2.40. The van der Waals surface area contributed by atoms with E-state index in [1.54, 1.807) is 72.6 Å². The number of fused-ring (bicyclic) bond motifs is 16. The fourth-order valence-corrected chi connectivity index (χ4v) is 16.0. The molecule has 0 radical (unpaired) electrons. The second-order valence-corrected chi connectivity index (χ2v) is 31.5. The highest BCUT2D eigenvalue weighted by atomic mass is 19.1. The number of aliphatic hydroxyl groups is 5. The van der Waals surface area contributed by atoms with Crippen molar-refractivity contribution in [1.29, 1.82) is 0 Å². The van der Waals surface area contributed by atoms with Gasteiger partial charge in [0.05, 0.1) is 25.9 Å². The van der Waals surface area contributed by atoms with Crippen molar-refractivity contribution in [2.45, 2.75) is 227 Å². The number of aliphatic hydroxyl groups excluding tert-OH is 5. The van der Waals surface area contributed by atoms with Crippen molar-refractivity contribution in [1.82, 2.24) is 72.4 Å². The summed E-state index contributed by atoms with van der Waals surface area (Å²) in [6.45, 7) is 2.37. The molecule has 36 heteroatoms. The van der Waals surface area contributed by atoms with E-state index in [9.17, 15) is 59.1 Å². The van der Waals surface area contributed by atoms with Crippen LogP contribution in [-0.4, -0.2) is 265 Å². The summed E-state index contributed by atoms with van der Waals surface area (Å²) < 4.78 is 34.8. The normalized spacial score (nSPS) is 27.8. The molecule has 3 saturated heterocycles. The topological polar surface area (TPSA) is 486 Å². The van der Waals surface area contributed by atoms with Crippen molar-refractivity contribution < 1.29 is 106 Å². The molecule has 642 valence electrons. The maximum atomic E-state index is 16.3. The molecule has 15 atom stereocenters. The highest BCUT2D eigenvalue weighted by molar-refractivity contribution is 6.00. The van der Waals surface area contributed by atoms with Crippen molar-refractivity contribution in [3.63, 3.8) is 0 Å². The van der Waals surface area contributed by atoms with Gasteiger partial charge in [0.1, 0.15) is 90.4 Å². The van der Waals surface area contributed by atoms with Gasteiger partial charge >= 0.3 is 0 Å². The number of carbonyl (C=O) groups is 13. The molecule has 15 N–H and O–H groups in total. The van der Waals surface area contributed by atoms with Gasteiger partial charge < -0.3 is 112 Å². The monoisotopic (exact) mass is 1650 g/mol. The molecule has 0 saturated carbocycles. The Morgan fingerprint density at radius 1 is 0.672 bits per heavy atom. The zero-order chi connectivity index (χ0) is 85.4. The molecule has 119 heavy (non-hydrogen) atoms. The molecule has 7 aliphatic rings. The van der Waals surface area contributed by atoms with Gasteiger partial charge in [0, 0.05) is 114 Å². The molecule has 4 aromatic carbocycles. The first-order valence-corrected chi connectivity index (χ1v) is 40.5. The number of rotatable bonds is 11. The maximum absolute atomic E-state index is 16.3. The molecule has 0 aliphatic carbocycles. The summed E-state index contributed by atoms with van der Waals surface area (Å²) in [5.74, 6) is -11.3. The molecule has 0 spiro atoms. The third-order valence-corrected chi connectivity index (χ3v) is 22.8. The van der Waals surface area contributed by atoms with Gasteiger partial charge in [-0.2, -0.15) is 0 Å². The standard InChI is InChI=1S/C83H107FN14O21/c1-46-74(109)92-60(41-87-64(101)23-24-66(103)93-79-73(108)72(107)71(106)63(44-99)119-79)76(111)89-57-37-51-11-9-12-52(35-51)40-86-67(104)45-118-62-28-34-97-70(62)78(113)94-69(47(2)100)77(112)91-58(36-49-17-20-55(117-4)21-18-49)81(115)98-33-10-29-83(98,3)82(116)85-30-27-48-13-15-50(16-14-48)42-96(68(105)26-25-65(102)88-46)32-8-6-5-7-31-95-43-53(38-59(80(97)114)90-75(57)110)56-39-54(84)19-22-61(56)95/h9,11-22,35,39,43,46-47,57-60,62-63,69-73,79,99-100,106-108H,5-8,10,23-34,36-38,40-42,44-45H2,1-4H3,(H,85,116)(H,86,104)(H,87,101)(H,88,102)(H,89,111)(H,90,110)(H,91,112)(H,92,109)(H,93,103)(H,94,113)/t46-,47+,57-,58-,59-,60+,62-,63?,69-,70-,71?,72?,73?,79?,83-/m0/s1. The molecular weight excluding hydrogens is 1550 g/mol. The van der Waals surface area contributed by atoms with E-state index in [-0.39, 0.29) is 65.0 Å². The zero-order valence-electron chi connectivity index (χ0n) is 66.9. The van der Waals surface area contributed by atoms with Gasteiger partial charge in [-0.25, -0.2) is 4.39 Å². The van der Waals surface area contributed by atoms with Gasteiger partial charge in [-0.15, -0.1) is 0 Å². The van der Waals surface area contributed by atoms with Crippen molar-refractivity contribution >= 4 is 87.7 Å². The summed E-state index contributed by atoms with van der Waals surface area (Å²) in [6, 6.07) is 12.7. The zero-order valence-corrected chi connectivity index (χ0v) is 66.9. The Labute approximate surface area is 686 Å². The number of amides is 13. The van der Waals surface area contributed by atoms with Gasteiger partial charge in [0.15, 0.2) is 6.23 Å². The van der Waals surface area contributed by atoms with E-state index in [0.29, 0.717) is 84.0 Å². The highest BCUT2D eigenvalue weighted by Gasteiger charge is 2.50. The number of benzene rings is 4. The van der Waals surface area contributed by atoms with Crippen LogP contribution in [0.4, 0.5) is 4.39 Å². The average molecular weight is 1660 g/mol. The van der Waals surface area contributed by atoms with E-state index in [1.165, 1.54) is 38.0 Å². The number of aromatic nitrogens is 1. The van der Waals surface area contributed by atoms with E-state index < -0.39 is 225 Å². The molecule has 13 amide bonds. The minimum absolute atomic E-state index is 0.103. The summed E-state index contributed by atoms with van der Waals surface area (Å²) >= 11 is 0. The highest BCUT2D eigenvalue weighted by Crippen LogP contribution is 2.33. The summed E-state index contributed by atoms with van der Waals surface area (Å²) in [7, 11) is 1.47. The summed E-state index contributed by atoms with van der Waals surface area (Å²) in [4.78, 5) is 196. The molecule has 12 rings (SSSR count). The van der Waals surface area contributed by atoms with Crippen LogP contribution in [0.3, 0.4) is 0 Å². The molecule has 5 aromatic rings. The van der Waals surface area contributed by atoms with Crippen LogP contribution in [0, 0.1) is 5.82 Å². The van der Waals surface area contributed by atoms with Crippen molar-refractivity contribution in [2.24, 2.45) is 0 Å². The number of halogens is 1. The second kappa shape index (κ2) is 40.6. The molecule has 12 bridgehead atoms. The number of hydrogen-bond acceptors (Lipinski definition) is 21. The second-order valence-electron chi connectivity index (χ2n) is 31.5. The molecule has 35 nitrogen and oxygen atoms in total. The van der Waals surface area contributed by atoms with Crippen LogP contribution in [0.2, 0.25) is 0 Å². The third kappa shape index (κ3) is 22.7.